The van der Waals surface area contributed by atoms with Crippen molar-refractivity contribution >= 4 is 23.4 Å². The smallest absolute Gasteiger partial charge is 0.326 e. The number of hydrogen-bond acceptors (Lipinski definition) is 4. The number of nitrogens with zero attached hydrogens (tertiary/aromatic N) is 1. The van der Waals surface area contributed by atoms with Crippen LogP contribution in [-0.2, 0) is 11.2 Å². The molecule has 3 N–H and O–H groups in total. The van der Waals surface area contributed by atoms with E-state index in [4.69, 9.17) is 0 Å². The molecule has 1 unspecified atom stereocenters. The highest BCUT2D eigenvalue weighted by atomic mass is 16.6. The minimum absolute atomic E-state index is 0.103. The van der Waals surface area contributed by atoms with Crippen molar-refractivity contribution in [3.63, 3.8) is 0 Å². The van der Waals surface area contributed by atoms with E-state index in [0.717, 1.165) is 5.56 Å². The summed E-state index contributed by atoms with van der Waals surface area (Å²) in [5.41, 5.74) is 0.996. The largest absolute Gasteiger partial charge is 0.480 e. The normalized spacial score (nSPS) is 11.3. The number of non-ortho nitro benzene ring substituents is 1. The second-order valence-electron chi connectivity index (χ2n) is 4.98. The average molecular weight is 329 g/mol. The van der Waals surface area contributed by atoms with Crippen molar-refractivity contribution in [2.45, 2.75) is 12.5 Å². The van der Waals surface area contributed by atoms with Crippen LogP contribution in [-0.4, -0.2) is 28.1 Å². The van der Waals surface area contributed by atoms with Crippen LogP contribution >= 0.6 is 0 Å². The van der Waals surface area contributed by atoms with Gasteiger partial charge < -0.3 is 15.7 Å². The predicted molar refractivity (Wildman–Crippen MR) is 86.8 cm³/mol. The van der Waals surface area contributed by atoms with Crippen molar-refractivity contribution in [2.24, 2.45) is 0 Å². The van der Waals surface area contributed by atoms with Crippen molar-refractivity contribution in [1.29, 1.82) is 0 Å². The highest BCUT2D eigenvalue weighted by Crippen LogP contribution is 2.15. The SMILES string of the molecule is O=C(Nc1ccc([N+](=O)[O-])cc1)NC(Cc1ccccc1)C(=O)O. The Hall–Kier alpha value is -3.42. The molecule has 24 heavy (non-hydrogen) atoms. The number of benzene rings is 2. The summed E-state index contributed by atoms with van der Waals surface area (Å²) in [5.74, 6) is -1.15. The van der Waals surface area contributed by atoms with Crippen molar-refractivity contribution in [2.75, 3.05) is 5.32 Å². The molecule has 2 amide bonds. The van der Waals surface area contributed by atoms with E-state index in [9.17, 15) is 24.8 Å². The summed E-state index contributed by atoms with van der Waals surface area (Å²) < 4.78 is 0. The number of amides is 2. The molecule has 0 saturated heterocycles. The van der Waals surface area contributed by atoms with Gasteiger partial charge in [-0.05, 0) is 17.7 Å². The fourth-order valence-corrected chi connectivity index (χ4v) is 2.04. The number of rotatable bonds is 6. The molecule has 0 aromatic heterocycles. The van der Waals surface area contributed by atoms with Gasteiger partial charge in [0.1, 0.15) is 6.04 Å². The molecule has 2 rings (SSSR count). The van der Waals surface area contributed by atoms with Crippen LogP contribution in [0.25, 0.3) is 0 Å². The molecule has 0 saturated carbocycles. The number of carbonyl (C=O) groups excluding carboxylic acids is 1. The van der Waals surface area contributed by atoms with Gasteiger partial charge in [0.2, 0.25) is 0 Å². The van der Waals surface area contributed by atoms with Crippen LogP contribution in [0.2, 0.25) is 0 Å². The van der Waals surface area contributed by atoms with Crippen LogP contribution in [0.4, 0.5) is 16.2 Å². The number of nitrogens with one attached hydrogen (secondary N) is 2. The zero-order valence-corrected chi connectivity index (χ0v) is 12.5. The van der Waals surface area contributed by atoms with Gasteiger partial charge in [-0.15, -0.1) is 0 Å². The predicted octanol–water partition coefficient (Wildman–Crippen LogP) is 2.41. The van der Waals surface area contributed by atoms with Crippen molar-refractivity contribution in [3.8, 4) is 0 Å². The third kappa shape index (κ3) is 4.80. The van der Waals surface area contributed by atoms with Gasteiger partial charge in [-0.3, -0.25) is 10.1 Å². The average Bonchev–Trinajstić information content (AvgIpc) is 2.55. The van der Waals surface area contributed by atoms with E-state index in [1.807, 2.05) is 6.07 Å². The lowest BCUT2D eigenvalue weighted by molar-refractivity contribution is -0.384. The first-order valence-corrected chi connectivity index (χ1v) is 7.04. The molecule has 0 aliphatic rings. The molecule has 0 fully saturated rings. The summed E-state index contributed by atoms with van der Waals surface area (Å²) in [6, 6.07) is 12.3. The first-order chi connectivity index (χ1) is 11.5. The molecule has 0 aliphatic heterocycles. The molecule has 124 valence electrons. The fourth-order valence-electron chi connectivity index (χ4n) is 2.04. The second-order valence-corrected chi connectivity index (χ2v) is 4.98. The zero-order chi connectivity index (χ0) is 17.5. The van der Waals surface area contributed by atoms with E-state index in [-0.39, 0.29) is 12.1 Å². The number of carboxylic acid groups (broad SMARTS) is 1. The number of nitro groups is 1. The maximum absolute atomic E-state index is 11.9. The number of hydrogen-bond donors (Lipinski definition) is 3. The number of urea groups is 1. The fraction of sp³-hybridized carbons (Fsp3) is 0.125. The lowest BCUT2D eigenvalue weighted by Gasteiger charge is -2.15. The van der Waals surface area contributed by atoms with Crippen LogP contribution in [0.5, 0.6) is 0 Å². The van der Waals surface area contributed by atoms with E-state index < -0.39 is 23.0 Å². The zero-order valence-electron chi connectivity index (χ0n) is 12.5. The van der Waals surface area contributed by atoms with Gasteiger partial charge in [-0.1, -0.05) is 30.3 Å². The topological polar surface area (TPSA) is 122 Å². The summed E-state index contributed by atoms with van der Waals surface area (Å²) in [6.45, 7) is 0. The summed E-state index contributed by atoms with van der Waals surface area (Å²) in [5, 5.41) is 24.6. The second kappa shape index (κ2) is 7.73. The lowest BCUT2D eigenvalue weighted by Crippen LogP contribution is -2.44. The van der Waals surface area contributed by atoms with Crippen LogP contribution in [0.3, 0.4) is 0 Å². The Labute approximate surface area is 137 Å². The summed E-state index contributed by atoms with van der Waals surface area (Å²) in [4.78, 5) is 33.2. The van der Waals surface area contributed by atoms with Crippen molar-refractivity contribution in [3.05, 3.63) is 70.3 Å². The Balaban J connectivity index is 1.97. The number of carboxylic acids is 1. The number of aliphatic carboxylic acids is 1. The van der Waals surface area contributed by atoms with E-state index in [2.05, 4.69) is 10.6 Å². The Kier molecular flexibility index (Phi) is 5.45. The molecular weight excluding hydrogens is 314 g/mol. The molecule has 0 bridgehead atoms. The van der Waals surface area contributed by atoms with E-state index in [1.54, 1.807) is 24.3 Å². The van der Waals surface area contributed by atoms with E-state index >= 15 is 0 Å². The van der Waals surface area contributed by atoms with Gasteiger partial charge in [0.25, 0.3) is 5.69 Å². The third-order valence-corrected chi connectivity index (χ3v) is 3.22. The molecule has 0 aliphatic carbocycles. The van der Waals surface area contributed by atoms with Crippen LogP contribution in [0.1, 0.15) is 5.56 Å². The first-order valence-electron chi connectivity index (χ1n) is 7.04. The number of carbonyl (C=O) groups is 2. The van der Waals surface area contributed by atoms with Crippen molar-refractivity contribution in [1.82, 2.24) is 5.32 Å². The molecule has 8 nitrogen and oxygen atoms in total. The molecule has 1 atom stereocenters. The Morgan fingerprint density at radius 2 is 1.71 bits per heavy atom. The van der Waals surface area contributed by atoms with Gasteiger partial charge in [0.05, 0.1) is 4.92 Å². The summed E-state index contributed by atoms with van der Waals surface area (Å²) in [7, 11) is 0. The van der Waals surface area contributed by atoms with Crippen LogP contribution < -0.4 is 10.6 Å². The van der Waals surface area contributed by atoms with Gasteiger partial charge in [0, 0.05) is 24.2 Å². The lowest BCUT2D eigenvalue weighted by atomic mass is 10.1. The maximum Gasteiger partial charge on any atom is 0.326 e. The Morgan fingerprint density at radius 3 is 2.25 bits per heavy atom. The Morgan fingerprint density at radius 1 is 1.08 bits per heavy atom. The quantitative estimate of drug-likeness (QED) is 0.555. The monoisotopic (exact) mass is 329 g/mol. The van der Waals surface area contributed by atoms with Gasteiger partial charge >= 0.3 is 12.0 Å². The molecule has 0 heterocycles. The first kappa shape index (κ1) is 16.9. The molecule has 0 radical (unpaired) electrons. The van der Waals surface area contributed by atoms with Crippen LogP contribution in [0, 0.1) is 10.1 Å². The third-order valence-electron chi connectivity index (χ3n) is 3.22. The van der Waals surface area contributed by atoms with E-state index in [1.165, 1.54) is 24.3 Å². The van der Waals surface area contributed by atoms with Crippen LogP contribution in [0.15, 0.2) is 54.6 Å². The molecule has 2 aromatic rings. The van der Waals surface area contributed by atoms with Gasteiger partial charge in [-0.25, -0.2) is 9.59 Å². The van der Waals surface area contributed by atoms with Gasteiger partial charge in [-0.2, -0.15) is 0 Å². The summed E-state index contributed by atoms with van der Waals surface area (Å²) in [6.07, 6.45) is 0.143. The van der Waals surface area contributed by atoms with Gasteiger partial charge in [0.15, 0.2) is 0 Å². The minimum Gasteiger partial charge on any atom is -0.480 e. The highest BCUT2D eigenvalue weighted by Gasteiger charge is 2.20. The minimum atomic E-state index is -1.15. The van der Waals surface area contributed by atoms with E-state index in [0.29, 0.717) is 5.69 Å². The molecule has 0 spiro atoms. The number of anilines is 1. The maximum atomic E-state index is 11.9. The molecule has 8 heteroatoms. The molecular formula is C16H15N3O5. The standard InChI is InChI=1S/C16H15N3O5/c20-15(21)14(10-11-4-2-1-3-5-11)18-16(22)17-12-6-8-13(9-7-12)19(23)24/h1-9,14H,10H2,(H,20,21)(H2,17,18,22). The molecule has 2 aromatic carbocycles. The van der Waals surface area contributed by atoms with Crippen molar-refractivity contribution < 1.29 is 19.6 Å². The Bertz CT molecular complexity index is 731. The number of nitro benzene ring substituents is 1. The highest BCUT2D eigenvalue weighted by molar-refractivity contribution is 5.92. The summed E-state index contributed by atoms with van der Waals surface area (Å²) >= 11 is 0.